The van der Waals surface area contributed by atoms with Gasteiger partial charge in [0.25, 0.3) is 29.5 Å². The van der Waals surface area contributed by atoms with Gasteiger partial charge in [-0.1, -0.05) is 181 Å². The summed E-state index contributed by atoms with van der Waals surface area (Å²) in [4.78, 5) is 97.1. The molecule has 8 aromatic carbocycles. The molecule has 20 rings (SSSR count). The van der Waals surface area contributed by atoms with Crippen LogP contribution in [0.3, 0.4) is 0 Å². The first kappa shape index (κ1) is 74.7. The van der Waals surface area contributed by atoms with Crippen molar-refractivity contribution < 1.29 is 67.8 Å². The average molecular weight is 1580 g/mol. The number of aromatic amines is 5. The van der Waals surface area contributed by atoms with Crippen LogP contribution in [-0.4, -0.2) is 123 Å². The second-order valence-corrected chi connectivity index (χ2v) is 27.4. The number of fused-ring (bicyclic) bond motifs is 5. The molecule has 10 N–H and O–H groups in total. The Labute approximate surface area is 668 Å². The molecule has 24 nitrogen and oxygen atoms in total. The number of carbonyl (C=O) groups is 5. The normalized spacial score (nSPS) is 13.1. The predicted octanol–water partition coefficient (Wildman–Crippen LogP) is 18.0. The van der Waals surface area contributed by atoms with Gasteiger partial charge < -0.3 is 68.8 Å². The van der Waals surface area contributed by atoms with Crippen molar-refractivity contribution in [2.45, 2.75) is 13.8 Å². The second-order valence-electron chi connectivity index (χ2n) is 26.6. The number of furan rings is 2. The summed E-state index contributed by atoms with van der Waals surface area (Å²) in [5, 5.41) is 52.8. The number of halogens is 2. The second kappa shape index (κ2) is 31.0. The lowest BCUT2D eigenvalue weighted by Gasteiger charge is -2.07. The van der Waals surface area contributed by atoms with Gasteiger partial charge in [-0.15, -0.1) is 0 Å². The SMILES string of the molecule is COc1ccccc1C1=NC(=O)c2c(-c3ccccc3OC)[nH]c(O)c21.Cc1ccccc1C1=NC(=O)c2c(-c3ccccc3C)[nH]c(O)c21.O=C1N=C(c2ccc(Cl)cc2)c2c(O)[nH]c(-c3ccc(Cl)cc3)c21.O=C1N=C(c2ccccc2)c2c(O)[nH]c(-c3ccccc3)c21.O=C1N=C(c2ccco2)c2c(O)[nH]c(-c3ccco3)c21. The third-order valence-electron chi connectivity index (χ3n) is 19.7. The van der Waals surface area contributed by atoms with Gasteiger partial charge in [-0.25, -0.2) is 25.0 Å². The van der Waals surface area contributed by atoms with E-state index in [0.29, 0.717) is 162 Å². The van der Waals surface area contributed by atoms with E-state index in [4.69, 9.17) is 41.5 Å². The zero-order valence-corrected chi connectivity index (χ0v) is 63.0. The van der Waals surface area contributed by atoms with Crippen LogP contribution in [0.4, 0.5) is 0 Å². The number of nitrogens with one attached hydrogen (secondary N) is 5. The molecule has 0 saturated heterocycles. The lowest BCUT2D eigenvalue weighted by atomic mass is 9.96. The highest BCUT2D eigenvalue weighted by atomic mass is 35.5. The molecule has 0 atom stereocenters. The van der Waals surface area contributed by atoms with Crippen LogP contribution >= 0.6 is 23.2 Å². The molecule has 0 unspecified atom stereocenters. The van der Waals surface area contributed by atoms with Gasteiger partial charge >= 0.3 is 0 Å². The van der Waals surface area contributed by atoms with E-state index in [2.05, 4.69) is 49.9 Å². The standard InChI is InChI=1S/C20H16N2O4.C20H16N2O2.C18H10Cl2N2O2.C18H12N2O2.C14H8N2O4/c1-25-13-9-5-3-7-11(13)17-15-16(20(24)21-17)18(22-19(15)23)12-8-4-6-10-14(12)26-2;1-11-7-3-5-9-13(11)17-15-16(20(24)21-17)18(22-19(15)23)14-10-6-4-8-12(14)2;19-11-5-1-9(2-6-11)15-13-14(18(24)21-15)16(22-17(13)23)10-3-7-12(20)8-4-10;21-17-13-14(16(20-17)12-9-5-2-6-10-12)18(22)19-15(13)11-7-3-1-4-8-11;17-13-9-10(12(16-13)8-4-2-6-20-8)14(18)15-11(9)7-3-1-5-19-7/h3-10,21,24H,1-2H3;3-10,21,24H,1-2H3;1-8,21,24H;1-10,19,22H;1-6,15,18H. The van der Waals surface area contributed by atoms with Gasteiger partial charge in [0.2, 0.25) is 0 Å². The molecule has 0 saturated carbocycles. The number of rotatable bonds is 12. The lowest BCUT2D eigenvalue weighted by molar-refractivity contribution is 0.0998. The van der Waals surface area contributed by atoms with Crippen molar-refractivity contribution in [3.05, 3.63) is 348 Å². The van der Waals surface area contributed by atoms with E-state index in [1.54, 1.807) is 105 Å². The van der Waals surface area contributed by atoms with Gasteiger partial charge in [-0.3, -0.25) is 24.0 Å². The van der Waals surface area contributed by atoms with Crippen molar-refractivity contribution in [3.63, 3.8) is 0 Å². The molecule has 15 aromatic rings. The van der Waals surface area contributed by atoms with Crippen molar-refractivity contribution in [2.75, 3.05) is 14.2 Å². The number of hydrogen-bond donors (Lipinski definition) is 10. The van der Waals surface area contributed by atoms with E-state index in [-0.39, 0.29) is 41.2 Å². The first-order valence-corrected chi connectivity index (χ1v) is 36.5. The molecule has 12 heterocycles. The van der Waals surface area contributed by atoms with Crippen LogP contribution in [0, 0.1) is 13.8 Å². The van der Waals surface area contributed by atoms with E-state index in [9.17, 15) is 49.5 Å². The maximum Gasteiger partial charge on any atom is 0.280 e. The molecule has 0 radical (unpaired) electrons. The highest BCUT2D eigenvalue weighted by Gasteiger charge is 2.40. The zero-order valence-electron chi connectivity index (χ0n) is 61.5. The Morgan fingerprint density at radius 1 is 0.284 bits per heavy atom. The number of H-pyrrole nitrogens is 5. The number of hydrogen-bond acceptors (Lipinski definition) is 14. The van der Waals surface area contributed by atoms with Gasteiger partial charge in [-0.05, 0) is 109 Å². The summed E-state index contributed by atoms with van der Waals surface area (Å²) >= 11 is 11.8. The number of benzene rings is 8. The summed E-state index contributed by atoms with van der Waals surface area (Å²) in [5.74, 6) is -0.215. The molecule has 570 valence electrons. The van der Waals surface area contributed by atoms with Crippen molar-refractivity contribution in [2.24, 2.45) is 25.0 Å². The van der Waals surface area contributed by atoms with Crippen LogP contribution in [0.15, 0.2) is 277 Å². The smallest absolute Gasteiger partial charge is 0.280 e. The molecule has 0 bridgehead atoms. The van der Waals surface area contributed by atoms with Crippen LogP contribution in [0.25, 0.3) is 56.5 Å². The predicted molar refractivity (Wildman–Crippen MR) is 439 cm³/mol. The fourth-order valence-electron chi connectivity index (χ4n) is 14.4. The third kappa shape index (κ3) is 13.6. The van der Waals surface area contributed by atoms with Gasteiger partial charge in [0.15, 0.2) is 40.9 Å². The van der Waals surface area contributed by atoms with Crippen molar-refractivity contribution in [1.29, 1.82) is 0 Å². The minimum Gasteiger partial charge on any atom is -0.496 e. The van der Waals surface area contributed by atoms with E-state index in [0.717, 1.165) is 38.9 Å². The van der Waals surface area contributed by atoms with Gasteiger partial charge in [0.1, 0.15) is 17.2 Å². The zero-order chi connectivity index (χ0) is 80.7. The molecular formula is C90H62Cl2N10O14. The number of methoxy groups -OCH3 is 2. The summed E-state index contributed by atoms with van der Waals surface area (Å²) in [6.07, 6.45) is 2.98. The largest absolute Gasteiger partial charge is 0.496 e. The number of carbonyl (C=O) groups excluding carboxylic acids is 5. The minimum atomic E-state index is -0.436. The van der Waals surface area contributed by atoms with Crippen LogP contribution in [0.5, 0.6) is 40.9 Å². The van der Waals surface area contributed by atoms with Crippen LogP contribution < -0.4 is 9.47 Å². The summed E-state index contributed by atoms with van der Waals surface area (Å²) in [5.41, 5.74) is 17.0. The van der Waals surface area contributed by atoms with Crippen molar-refractivity contribution >= 4 is 81.3 Å². The molecule has 0 aliphatic carbocycles. The maximum atomic E-state index is 12.7. The quantitative estimate of drug-likeness (QED) is 0.0544. The fraction of sp³-hybridized carbons (Fsp3) is 0.0444. The first-order chi connectivity index (χ1) is 56.3. The van der Waals surface area contributed by atoms with E-state index >= 15 is 0 Å². The van der Waals surface area contributed by atoms with Crippen molar-refractivity contribution in [3.8, 4) is 97.4 Å². The molecule has 5 aliphatic heterocycles. The summed E-state index contributed by atoms with van der Waals surface area (Å²) < 4.78 is 21.3. The van der Waals surface area contributed by atoms with Gasteiger partial charge in [0, 0.05) is 43.4 Å². The van der Waals surface area contributed by atoms with E-state index in [1.807, 2.05) is 153 Å². The fourth-order valence-corrected chi connectivity index (χ4v) is 14.6. The molecule has 5 amide bonds. The number of ether oxygens (including phenoxy) is 2. The summed E-state index contributed by atoms with van der Waals surface area (Å²) in [6.45, 7) is 3.94. The molecule has 116 heavy (non-hydrogen) atoms. The average Bonchev–Trinajstić information content (AvgIpc) is 1.60. The lowest BCUT2D eigenvalue weighted by Crippen LogP contribution is -2.02. The Balaban J connectivity index is 0.000000109. The topological polar surface area (TPSA) is 372 Å². The number of nitrogens with zero attached hydrogens (tertiary/aromatic N) is 5. The molecule has 0 spiro atoms. The summed E-state index contributed by atoms with van der Waals surface area (Å²) in [6, 6.07) is 69.6. The molecule has 26 heteroatoms. The van der Waals surface area contributed by atoms with Gasteiger partial charge in [-0.2, -0.15) is 0 Å². The van der Waals surface area contributed by atoms with Crippen LogP contribution in [0.2, 0.25) is 10.0 Å². The number of aromatic hydroxyl groups is 5. The number of amides is 5. The van der Waals surface area contributed by atoms with E-state index in [1.165, 1.54) is 12.5 Å². The Morgan fingerprint density at radius 3 is 1.06 bits per heavy atom. The molecule has 7 aromatic heterocycles. The Kier molecular flexibility index (Phi) is 20.0. The number of aromatic nitrogens is 5. The molecular weight excluding hydrogens is 1520 g/mol. The Morgan fingerprint density at radius 2 is 0.595 bits per heavy atom. The van der Waals surface area contributed by atoms with E-state index < -0.39 is 17.7 Å². The maximum absolute atomic E-state index is 12.7. The molecule has 0 fully saturated rings. The minimum absolute atomic E-state index is 0.0175. The third-order valence-corrected chi connectivity index (χ3v) is 20.2. The number of aryl methyl sites for hydroxylation is 2. The number of aliphatic imine (C=N–C) groups is 5. The summed E-state index contributed by atoms with van der Waals surface area (Å²) in [7, 11) is 3.11. The Bertz CT molecular complexity index is 6620. The van der Waals surface area contributed by atoms with Crippen LogP contribution in [0.1, 0.15) is 119 Å². The van der Waals surface area contributed by atoms with Crippen LogP contribution in [-0.2, 0) is 0 Å². The Hall–Kier alpha value is -15.4. The highest BCUT2D eigenvalue weighted by Crippen LogP contribution is 2.46. The van der Waals surface area contributed by atoms with Crippen molar-refractivity contribution in [1.82, 2.24) is 24.9 Å². The van der Waals surface area contributed by atoms with Gasteiger partial charge in [0.05, 0.1) is 134 Å². The highest BCUT2D eigenvalue weighted by molar-refractivity contribution is 6.35. The monoisotopic (exact) mass is 1580 g/mol. The molecule has 5 aliphatic rings. The number of para-hydroxylation sites is 2. The first-order valence-electron chi connectivity index (χ1n) is 35.8.